The monoisotopic (exact) mass is 301 g/mol. The molecule has 0 fully saturated rings. The molecule has 0 aliphatic carbocycles. The summed E-state index contributed by atoms with van der Waals surface area (Å²) in [5, 5.41) is 3.45. The van der Waals surface area contributed by atoms with Gasteiger partial charge in [0.1, 0.15) is 22.9 Å². The predicted molar refractivity (Wildman–Crippen MR) is 90.0 cm³/mol. The van der Waals surface area contributed by atoms with Crippen molar-refractivity contribution >= 4 is 11.4 Å². The third-order valence-electron chi connectivity index (χ3n) is 3.64. The van der Waals surface area contributed by atoms with Crippen molar-refractivity contribution in [1.29, 1.82) is 0 Å². The van der Waals surface area contributed by atoms with Crippen LogP contribution in [0.1, 0.15) is 16.7 Å². The Balaban J connectivity index is 2.53. The van der Waals surface area contributed by atoms with Gasteiger partial charge in [0.05, 0.1) is 21.3 Å². The van der Waals surface area contributed by atoms with Crippen LogP contribution in [-0.4, -0.2) is 21.3 Å². The van der Waals surface area contributed by atoms with E-state index in [1.165, 1.54) is 16.7 Å². The fourth-order valence-electron chi connectivity index (χ4n) is 2.63. The van der Waals surface area contributed by atoms with Gasteiger partial charge in [-0.15, -0.1) is 0 Å². The van der Waals surface area contributed by atoms with Crippen molar-refractivity contribution in [2.75, 3.05) is 26.6 Å². The maximum absolute atomic E-state index is 5.48. The summed E-state index contributed by atoms with van der Waals surface area (Å²) in [6.07, 6.45) is 0. The molecule has 2 aromatic rings. The van der Waals surface area contributed by atoms with Crippen LogP contribution in [0.2, 0.25) is 0 Å². The number of rotatable bonds is 5. The lowest BCUT2D eigenvalue weighted by atomic mass is 10.0. The first-order valence-corrected chi connectivity index (χ1v) is 7.15. The molecule has 0 spiro atoms. The molecule has 0 saturated carbocycles. The summed E-state index contributed by atoms with van der Waals surface area (Å²) in [5.74, 6) is 2.04. The summed E-state index contributed by atoms with van der Waals surface area (Å²) in [5.41, 5.74) is 5.46. The number of methoxy groups -OCH3 is 3. The molecule has 0 saturated heterocycles. The summed E-state index contributed by atoms with van der Waals surface area (Å²) in [4.78, 5) is 0. The third kappa shape index (κ3) is 3.11. The molecule has 0 aromatic heterocycles. The molecule has 0 radical (unpaired) electrons. The molecule has 118 valence electrons. The Labute approximate surface area is 132 Å². The van der Waals surface area contributed by atoms with E-state index in [1.54, 1.807) is 21.3 Å². The first kappa shape index (κ1) is 16.0. The van der Waals surface area contributed by atoms with E-state index in [4.69, 9.17) is 14.2 Å². The minimum Gasteiger partial charge on any atom is -0.496 e. The van der Waals surface area contributed by atoms with Gasteiger partial charge in [0.25, 0.3) is 0 Å². The maximum atomic E-state index is 5.48. The van der Waals surface area contributed by atoms with Crippen molar-refractivity contribution in [3.8, 4) is 17.2 Å². The van der Waals surface area contributed by atoms with Gasteiger partial charge in [-0.25, -0.2) is 0 Å². The molecule has 0 amide bonds. The fraction of sp³-hybridized carbons (Fsp3) is 0.333. The van der Waals surface area contributed by atoms with E-state index in [0.717, 1.165) is 11.4 Å². The average molecular weight is 301 g/mol. The summed E-state index contributed by atoms with van der Waals surface area (Å²) in [6.45, 7) is 6.27. The molecular weight excluding hydrogens is 278 g/mol. The molecule has 2 rings (SSSR count). The number of aryl methyl sites for hydroxylation is 3. The molecule has 4 heteroatoms. The van der Waals surface area contributed by atoms with Gasteiger partial charge in [-0.2, -0.15) is 0 Å². The van der Waals surface area contributed by atoms with E-state index in [-0.39, 0.29) is 0 Å². The van der Waals surface area contributed by atoms with Crippen molar-refractivity contribution in [2.45, 2.75) is 20.8 Å². The minimum absolute atomic E-state index is 0.676. The average Bonchev–Trinajstić information content (AvgIpc) is 2.50. The number of anilines is 2. The molecule has 0 bridgehead atoms. The molecule has 2 aromatic carbocycles. The Bertz CT molecular complexity index is 632. The molecule has 0 aliphatic rings. The first-order valence-electron chi connectivity index (χ1n) is 7.15. The Morgan fingerprint density at radius 2 is 1.18 bits per heavy atom. The minimum atomic E-state index is 0.676. The summed E-state index contributed by atoms with van der Waals surface area (Å²) >= 11 is 0. The highest BCUT2D eigenvalue weighted by atomic mass is 16.5. The number of nitrogens with one attached hydrogen (secondary N) is 1. The zero-order chi connectivity index (χ0) is 16.3. The number of hydrogen-bond donors (Lipinski definition) is 1. The highest BCUT2D eigenvalue weighted by molar-refractivity contribution is 5.77. The molecular formula is C18H23NO3. The SMILES string of the molecule is COc1cc(OC)c(Nc2c(C)cc(C)cc2C)c(OC)c1. The Morgan fingerprint density at radius 1 is 0.682 bits per heavy atom. The lowest BCUT2D eigenvalue weighted by Gasteiger charge is -2.19. The van der Waals surface area contributed by atoms with Crippen LogP contribution in [-0.2, 0) is 0 Å². The Hall–Kier alpha value is -2.36. The van der Waals surface area contributed by atoms with E-state index in [0.29, 0.717) is 17.2 Å². The second-order valence-electron chi connectivity index (χ2n) is 5.31. The molecule has 0 aliphatic heterocycles. The van der Waals surface area contributed by atoms with Crippen LogP contribution >= 0.6 is 0 Å². The van der Waals surface area contributed by atoms with Crippen molar-refractivity contribution in [2.24, 2.45) is 0 Å². The number of benzene rings is 2. The quantitative estimate of drug-likeness (QED) is 0.889. The van der Waals surface area contributed by atoms with Crippen molar-refractivity contribution < 1.29 is 14.2 Å². The standard InChI is InChI=1S/C18H23NO3/c1-11-7-12(2)17(13(3)8-11)19-18-15(21-5)9-14(20-4)10-16(18)22-6/h7-10,19H,1-6H3. The smallest absolute Gasteiger partial charge is 0.149 e. The largest absolute Gasteiger partial charge is 0.496 e. The van der Waals surface area contributed by atoms with Gasteiger partial charge in [-0.05, 0) is 31.9 Å². The predicted octanol–water partition coefficient (Wildman–Crippen LogP) is 4.38. The van der Waals surface area contributed by atoms with Gasteiger partial charge in [-0.1, -0.05) is 17.7 Å². The van der Waals surface area contributed by atoms with Gasteiger partial charge in [0.2, 0.25) is 0 Å². The zero-order valence-corrected chi connectivity index (χ0v) is 14.0. The van der Waals surface area contributed by atoms with E-state index in [9.17, 15) is 0 Å². The van der Waals surface area contributed by atoms with Crippen LogP contribution in [0.4, 0.5) is 11.4 Å². The van der Waals surface area contributed by atoms with E-state index < -0.39 is 0 Å². The van der Waals surface area contributed by atoms with Gasteiger partial charge in [-0.3, -0.25) is 0 Å². The van der Waals surface area contributed by atoms with Crippen LogP contribution in [0.3, 0.4) is 0 Å². The second-order valence-corrected chi connectivity index (χ2v) is 5.31. The van der Waals surface area contributed by atoms with Gasteiger partial charge in [0.15, 0.2) is 0 Å². The lowest BCUT2D eigenvalue weighted by molar-refractivity contribution is 0.378. The summed E-state index contributed by atoms with van der Waals surface area (Å²) in [7, 11) is 4.89. The topological polar surface area (TPSA) is 39.7 Å². The van der Waals surface area contributed by atoms with E-state index >= 15 is 0 Å². The third-order valence-corrected chi connectivity index (χ3v) is 3.64. The first-order chi connectivity index (χ1) is 10.5. The molecule has 0 atom stereocenters. The van der Waals surface area contributed by atoms with Gasteiger partial charge < -0.3 is 19.5 Å². The van der Waals surface area contributed by atoms with Crippen molar-refractivity contribution in [3.63, 3.8) is 0 Å². The van der Waals surface area contributed by atoms with E-state index in [2.05, 4.69) is 38.2 Å². The summed E-state index contributed by atoms with van der Waals surface area (Å²) < 4.78 is 16.2. The van der Waals surface area contributed by atoms with Gasteiger partial charge in [0, 0.05) is 17.8 Å². The Morgan fingerprint density at radius 3 is 1.59 bits per heavy atom. The highest BCUT2D eigenvalue weighted by Crippen LogP contribution is 2.41. The molecule has 0 unspecified atom stereocenters. The zero-order valence-electron chi connectivity index (χ0n) is 14.0. The Kier molecular flexibility index (Phi) is 4.81. The molecule has 4 nitrogen and oxygen atoms in total. The molecule has 1 N–H and O–H groups in total. The summed E-state index contributed by atoms with van der Waals surface area (Å²) in [6, 6.07) is 7.98. The number of hydrogen-bond acceptors (Lipinski definition) is 4. The fourth-order valence-corrected chi connectivity index (χ4v) is 2.63. The van der Waals surface area contributed by atoms with E-state index in [1.807, 2.05) is 12.1 Å². The van der Waals surface area contributed by atoms with Crippen LogP contribution in [0.25, 0.3) is 0 Å². The normalized spacial score (nSPS) is 10.3. The number of ether oxygens (including phenoxy) is 3. The molecule has 22 heavy (non-hydrogen) atoms. The van der Waals surface area contributed by atoms with Crippen molar-refractivity contribution in [1.82, 2.24) is 0 Å². The van der Waals surface area contributed by atoms with Crippen LogP contribution < -0.4 is 19.5 Å². The van der Waals surface area contributed by atoms with Crippen LogP contribution in [0.5, 0.6) is 17.2 Å². The second kappa shape index (κ2) is 6.60. The lowest BCUT2D eigenvalue weighted by Crippen LogP contribution is -2.02. The highest BCUT2D eigenvalue weighted by Gasteiger charge is 2.15. The van der Waals surface area contributed by atoms with Crippen molar-refractivity contribution in [3.05, 3.63) is 41.0 Å². The van der Waals surface area contributed by atoms with Gasteiger partial charge >= 0.3 is 0 Å². The van der Waals surface area contributed by atoms with Crippen LogP contribution in [0, 0.1) is 20.8 Å². The molecule has 0 heterocycles. The van der Waals surface area contributed by atoms with Crippen LogP contribution in [0.15, 0.2) is 24.3 Å². The maximum Gasteiger partial charge on any atom is 0.149 e.